The van der Waals surface area contributed by atoms with Crippen LogP contribution >= 0.6 is 0 Å². The molecule has 0 aliphatic carbocycles. The van der Waals surface area contributed by atoms with Gasteiger partial charge in [0.25, 0.3) is 0 Å². The van der Waals surface area contributed by atoms with Crippen molar-refractivity contribution in [3.8, 4) is 5.75 Å². The van der Waals surface area contributed by atoms with Crippen molar-refractivity contribution >= 4 is 0 Å². The van der Waals surface area contributed by atoms with Crippen molar-refractivity contribution in [1.82, 2.24) is 0 Å². The summed E-state index contributed by atoms with van der Waals surface area (Å²) in [6, 6.07) is 6.41. The lowest BCUT2D eigenvalue weighted by molar-refractivity contribution is -0.140. The molecule has 94 valence electrons. The Hall–Kier alpha value is -1.02. The molecule has 0 radical (unpaired) electrons. The number of rotatable bonds is 2. The molecule has 1 aromatic rings. The molecule has 0 bridgehead atoms. The van der Waals surface area contributed by atoms with E-state index in [9.17, 15) is 0 Å². The second-order valence-electron chi connectivity index (χ2n) is 5.99. The van der Waals surface area contributed by atoms with Crippen LogP contribution in [0, 0.1) is 0 Å². The standard InChI is InChI=1S/C15H22O2/c1-14(2,3)12-10-11(6-7-13(12)16-5)15(4)8-9-17-15/h6-7,10H,8-9H2,1-5H3. The van der Waals surface area contributed by atoms with Gasteiger partial charge in [-0.15, -0.1) is 0 Å². The smallest absolute Gasteiger partial charge is 0.122 e. The lowest BCUT2D eigenvalue weighted by Gasteiger charge is -2.40. The van der Waals surface area contributed by atoms with Gasteiger partial charge in [0.15, 0.2) is 0 Å². The van der Waals surface area contributed by atoms with Crippen LogP contribution < -0.4 is 4.74 Å². The normalized spacial score (nSPS) is 24.3. The fraction of sp³-hybridized carbons (Fsp3) is 0.600. The quantitative estimate of drug-likeness (QED) is 0.778. The zero-order valence-electron chi connectivity index (χ0n) is 11.5. The molecule has 1 heterocycles. The summed E-state index contributed by atoms with van der Waals surface area (Å²) in [6.07, 6.45) is 1.10. The molecule has 1 aliphatic rings. The lowest BCUT2D eigenvalue weighted by Crippen LogP contribution is -2.37. The first kappa shape index (κ1) is 12.4. The number of hydrogen-bond donors (Lipinski definition) is 0. The zero-order chi connectivity index (χ0) is 12.7. The summed E-state index contributed by atoms with van der Waals surface area (Å²) in [5.74, 6) is 0.962. The average molecular weight is 234 g/mol. The molecular weight excluding hydrogens is 212 g/mol. The first-order valence-electron chi connectivity index (χ1n) is 6.20. The van der Waals surface area contributed by atoms with E-state index in [4.69, 9.17) is 9.47 Å². The Morgan fingerprint density at radius 3 is 2.35 bits per heavy atom. The van der Waals surface area contributed by atoms with E-state index in [0.717, 1.165) is 18.8 Å². The molecule has 17 heavy (non-hydrogen) atoms. The molecule has 0 spiro atoms. The van der Waals surface area contributed by atoms with E-state index in [1.807, 2.05) is 0 Å². The van der Waals surface area contributed by atoms with Crippen molar-refractivity contribution in [1.29, 1.82) is 0 Å². The molecular formula is C15H22O2. The van der Waals surface area contributed by atoms with Gasteiger partial charge in [-0.3, -0.25) is 0 Å². The largest absolute Gasteiger partial charge is 0.496 e. The van der Waals surface area contributed by atoms with Crippen LogP contribution in [0.15, 0.2) is 18.2 Å². The second-order valence-corrected chi connectivity index (χ2v) is 5.99. The van der Waals surface area contributed by atoms with Crippen LogP contribution in [0.25, 0.3) is 0 Å². The predicted octanol–water partition coefficient (Wildman–Crippen LogP) is 3.63. The van der Waals surface area contributed by atoms with E-state index >= 15 is 0 Å². The summed E-state index contributed by atoms with van der Waals surface area (Å²) in [5, 5.41) is 0. The van der Waals surface area contributed by atoms with Gasteiger partial charge < -0.3 is 9.47 Å². The van der Waals surface area contributed by atoms with Crippen molar-refractivity contribution in [2.45, 2.75) is 45.1 Å². The molecule has 1 fully saturated rings. The van der Waals surface area contributed by atoms with Crippen LogP contribution in [0.4, 0.5) is 0 Å². The number of hydrogen-bond acceptors (Lipinski definition) is 2. The first-order valence-corrected chi connectivity index (χ1v) is 6.20. The maximum atomic E-state index is 5.70. The molecule has 0 N–H and O–H groups in total. The molecule has 1 saturated heterocycles. The third-order valence-corrected chi connectivity index (χ3v) is 3.62. The Labute approximate surface area is 104 Å². The molecule has 2 nitrogen and oxygen atoms in total. The van der Waals surface area contributed by atoms with Crippen LogP contribution in [0.1, 0.15) is 45.2 Å². The molecule has 2 heteroatoms. The molecule has 2 rings (SSSR count). The Morgan fingerprint density at radius 2 is 1.94 bits per heavy atom. The van der Waals surface area contributed by atoms with Crippen LogP contribution in [-0.4, -0.2) is 13.7 Å². The van der Waals surface area contributed by atoms with Crippen molar-refractivity contribution in [3.63, 3.8) is 0 Å². The Kier molecular flexibility index (Phi) is 2.94. The van der Waals surface area contributed by atoms with Gasteiger partial charge in [-0.25, -0.2) is 0 Å². The summed E-state index contributed by atoms with van der Waals surface area (Å²) >= 11 is 0. The molecule has 0 aromatic heterocycles. The van der Waals surface area contributed by atoms with Crippen LogP contribution in [0.2, 0.25) is 0 Å². The Bertz CT molecular complexity index is 411. The van der Waals surface area contributed by atoms with Gasteiger partial charge in [-0.2, -0.15) is 0 Å². The van der Waals surface area contributed by atoms with E-state index in [-0.39, 0.29) is 11.0 Å². The highest BCUT2D eigenvalue weighted by atomic mass is 16.5. The van der Waals surface area contributed by atoms with Crippen molar-refractivity contribution < 1.29 is 9.47 Å². The van der Waals surface area contributed by atoms with E-state index < -0.39 is 0 Å². The van der Waals surface area contributed by atoms with E-state index in [1.54, 1.807) is 7.11 Å². The molecule has 0 saturated carbocycles. The zero-order valence-corrected chi connectivity index (χ0v) is 11.5. The maximum Gasteiger partial charge on any atom is 0.122 e. The summed E-state index contributed by atoms with van der Waals surface area (Å²) in [6.45, 7) is 9.65. The maximum absolute atomic E-state index is 5.70. The minimum atomic E-state index is -0.0910. The van der Waals surface area contributed by atoms with Gasteiger partial charge in [-0.1, -0.05) is 26.8 Å². The Balaban J connectivity index is 2.45. The highest BCUT2D eigenvalue weighted by Crippen LogP contribution is 2.40. The fourth-order valence-corrected chi connectivity index (χ4v) is 2.26. The number of methoxy groups -OCH3 is 1. The molecule has 1 atom stereocenters. The molecule has 1 aliphatic heterocycles. The van der Waals surface area contributed by atoms with Gasteiger partial charge in [0.1, 0.15) is 5.75 Å². The minimum absolute atomic E-state index is 0.0848. The van der Waals surface area contributed by atoms with Crippen molar-refractivity contribution in [3.05, 3.63) is 29.3 Å². The third kappa shape index (κ3) is 2.19. The summed E-state index contributed by atoms with van der Waals surface area (Å²) in [5.41, 5.74) is 2.50. The van der Waals surface area contributed by atoms with Crippen LogP contribution in [-0.2, 0) is 15.8 Å². The highest BCUT2D eigenvalue weighted by Gasteiger charge is 2.36. The van der Waals surface area contributed by atoms with E-state index in [2.05, 4.69) is 45.9 Å². The summed E-state index contributed by atoms with van der Waals surface area (Å²) in [4.78, 5) is 0. The highest BCUT2D eigenvalue weighted by molar-refractivity contribution is 5.43. The van der Waals surface area contributed by atoms with Gasteiger partial charge >= 0.3 is 0 Å². The van der Waals surface area contributed by atoms with Crippen LogP contribution in [0.5, 0.6) is 5.75 Å². The minimum Gasteiger partial charge on any atom is -0.496 e. The average Bonchev–Trinajstić information content (AvgIpc) is 2.24. The fourth-order valence-electron chi connectivity index (χ4n) is 2.26. The summed E-state index contributed by atoms with van der Waals surface area (Å²) < 4.78 is 11.2. The topological polar surface area (TPSA) is 18.5 Å². The van der Waals surface area contributed by atoms with Crippen molar-refractivity contribution in [2.75, 3.05) is 13.7 Å². The number of ether oxygens (including phenoxy) is 2. The van der Waals surface area contributed by atoms with Gasteiger partial charge in [0.05, 0.1) is 19.3 Å². The number of benzene rings is 1. The monoisotopic (exact) mass is 234 g/mol. The second kappa shape index (κ2) is 4.02. The van der Waals surface area contributed by atoms with Crippen LogP contribution in [0.3, 0.4) is 0 Å². The summed E-state index contributed by atoms with van der Waals surface area (Å²) in [7, 11) is 1.73. The van der Waals surface area contributed by atoms with Gasteiger partial charge in [0, 0.05) is 6.42 Å². The molecule has 1 unspecified atom stereocenters. The van der Waals surface area contributed by atoms with E-state index in [0.29, 0.717) is 0 Å². The molecule has 1 aromatic carbocycles. The SMILES string of the molecule is COc1ccc(C2(C)CCO2)cc1C(C)(C)C. The molecule has 0 amide bonds. The third-order valence-electron chi connectivity index (χ3n) is 3.62. The van der Waals surface area contributed by atoms with Gasteiger partial charge in [0.2, 0.25) is 0 Å². The van der Waals surface area contributed by atoms with Gasteiger partial charge in [-0.05, 0) is 35.6 Å². The predicted molar refractivity (Wildman–Crippen MR) is 69.6 cm³/mol. The van der Waals surface area contributed by atoms with Crippen molar-refractivity contribution in [2.24, 2.45) is 0 Å². The Morgan fingerprint density at radius 1 is 1.29 bits per heavy atom. The first-order chi connectivity index (χ1) is 7.87. The lowest BCUT2D eigenvalue weighted by atomic mass is 9.81. The van der Waals surface area contributed by atoms with E-state index in [1.165, 1.54) is 11.1 Å².